The zero-order chi connectivity index (χ0) is 37.1. The van der Waals surface area contributed by atoms with E-state index in [9.17, 15) is 0 Å². The number of benzene rings is 10. The lowest BCUT2D eigenvalue weighted by Gasteiger charge is -2.22. The summed E-state index contributed by atoms with van der Waals surface area (Å²) in [6.45, 7) is 4.79. The van der Waals surface area contributed by atoms with Crippen molar-refractivity contribution in [2.75, 3.05) is 0 Å². The van der Waals surface area contributed by atoms with Crippen LogP contribution in [0.1, 0.15) is 25.0 Å². The molecule has 262 valence electrons. The Bertz CT molecular complexity index is 3390. The quantitative estimate of drug-likeness (QED) is 0.159. The third kappa shape index (κ3) is 4.47. The van der Waals surface area contributed by atoms with E-state index in [4.69, 9.17) is 0 Å². The van der Waals surface area contributed by atoms with Gasteiger partial charge in [0.1, 0.15) is 0 Å². The predicted molar refractivity (Wildman–Crippen MR) is 243 cm³/mol. The second-order valence-corrected chi connectivity index (χ2v) is 17.0. The molecule has 1 aliphatic rings. The average Bonchev–Trinajstić information content (AvgIpc) is 3.73. The zero-order valence-corrected chi connectivity index (χ0v) is 32.0. The van der Waals surface area contributed by atoms with E-state index in [1.165, 1.54) is 119 Å². The summed E-state index contributed by atoms with van der Waals surface area (Å²) in [4.78, 5) is 0. The first-order chi connectivity index (χ1) is 27.5. The third-order valence-corrected chi connectivity index (χ3v) is 13.8. The van der Waals surface area contributed by atoms with Gasteiger partial charge in [0.15, 0.2) is 0 Å². The molecule has 0 amide bonds. The van der Waals surface area contributed by atoms with Crippen LogP contribution in [0.3, 0.4) is 0 Å². The number of rotatable bonds is 3. The van der Waals surface area contributed by atoms with Crippen LogP contribution in [-0.2, 0) is 5.41 Å². The van der Waals surface area contributed by atoms with Crippen molar-refractivity contribution in [2.24, 2.45) is 0 Å². The van der Waals surface area contributed by atoms with Crippen molar-refractivity contribution >= 4 is 74.6 Å². The summed E-state index contributed by atoms with van der Waals surface area (Å²) in [5, 5.41) is 13.0. The van der Waals surface area contributed by atoms with E-state index in [0.29, 0.717) is 0 Å². The van der Waals surface area contributed by atoms with E-state index in [2.05, 4.69) is 196 Å². The molecule has 56 heavy (non-hydrogen) atoms. The highest BCUT2D eigenvalue weighted by atomic mass is 32.1. The Morgan fingerprint density at radius 2 is 0.946 bits per heavy atom. The molecule has 1 aromatic heterocycles. The molecule has 11 aromatic rings. The maximum Gasteiger partial charge on any atom is 0.0433 e. The van der Waals surface area contributed by atoms with Crippen molar-refractivity contribution in [1.82, 2.24) is 0 Å². The lowest BCUT2D eigenvalue weighted by molar-refractivity contribution is 0.661. The summed E-state index contributed by atoms with van der Waals surface area (Å²) in [6, 6.07) is 68.3. The molecule has 10 aromatic carbocycles. The van der Waals surface area contributed by atoms with Crippen LogP contribution in [0.5, 0.6) is 0 Å². The van der Waals surface area contributed by atoms with E-state index < -0.39 is 0 Å². The molecule has 0 atom stereocenters. The normalized spacial score (nSPS) is 13.3. The lowest BCUT2D eigenvalue weighted by atomic mass is 9.81. The van der Waals surface area contributed by atoms with E-state index in [1.807, 2.05) is 11.3 Å². The van der Waals surface area contributed by atoms with Crippen molar-refractivity contribution in [3.05, 3.63) is 193 Å². The Labute approximate surface area is 329 Å². The average molecular weight is 729 g/mol. The first-order valence-electron chi connectivity index (χ1n) is 19.6. The molecule has 0 nitrogen and oxygen atoms in total. The van der Waals surface area contributed by atoms with Crippen LogP contribution in [0.15, 0.2) is 182 Å². The molecule has 12 rings (SSSR count). The molecular formula is C55H36S. The van der Waals surface area contributed by atoms with Gasteiger partial charge < -0.3 is 0 Å². The number of hydrogen-bond donors (Lipinski definition) is 0. The molecule has 0 saturated heterocycles. The summed E-state index contributed by atoms with van der Waals surface area (Å²) in [5.41, 5.74) is 13.0. The monoisotopic (exact) mass is 728 g/mol. The zero-order valence-electron chi connectivity index (χ0n) is 31.2. The van der Waals surface area contributed by atoms with Gasteiger partial charge in [-0.1, -0.05) is 166 Å². The summed E-state index contributed by atoms with van der Waals surface area (Å²) in [6.07, 6.45) is 0. The molecule has 0 radical (unpaired) electrons. The van der Waals surface area contributed by atoms with Gasteiger partial charge in [-0.3, -0.25) is 0 Å². The largest absolute Gasteiger partial charge is 0.135 e. The molecule has 1 heteroatoms. The summed E-state index contributed by atoms with van der Waals surface area (Å²) in [7, 11) is 0. The highest BCUT2D eigenvalue weighted by molar-refractivity contribution is 7.26. The summed E-state index contributed by atoms with van der Waals surface area (Å²) in [5.74, 6) is 0. The van der Waals surface area contributed by atoms with Gasteiger partial charge in [-0.2, -0.15) is 0 Å². The minimum Gasteiger partial charge on any atom is -0.135 e. The van der Waals surface area contributed by atoms with Crippen LogP contribution in [0.25, 0.3) is 108 Å². The molecule has 1 heterocycles. The van der Waals surface area contributed by atoms with E-state index in [-0.39, 0.29) is 5.41 Å². The molecule has 0 aliphatic heterocycles. The minimum absolute atomic E-state index is 0.0955. The standard InChI is InChI=1S/C55H36S/c1-55(2)49-28-26-35(30-47(49)48-31-36-25-27-45-39-18-9-10-24-51(39)56-54(45)46(36)32-50(48)55)34-15-11-16-37(29-34)52-41-19-5-7-21-43(41)53(44-22-8-6-20-42(44)52)40-23-12-14-33-13-3-4-17-38(33)40/h3-32H,1-2H3. The molecule has 0 saturated carbocycles. The number of fused-ring (bicyclic) bond motifs is 11. The first kappa shape index (κ1) is 31.8. The molecule has 0 fully saturated rings. The van der Waals surface area contributed by atoms with Gasteiger partial charge in [-0.25, -0.2) is 0 Å². The third-order valence-electron chi connectivity index (χ3n) is 12.6. The maximum absolute atomic E-state index is 2.50. The van der Waals surface area contributed by atoms with E-state index in [0.717, 1.165) is 0 Å². The van der Waals surface area contributed by atoms with Crippen LogP contribution < -0.4 is 0 Å². The molecule has 0 bridgehead atoms. The fraction of sp³-hybridized carbons (Fsp3) is 0.0545. The van der Waals surface area contributed by atoms with Gasteiger partial charge in [0.05, 0.1) is 0 Å². The Balaban J connectivity index is 1.03. The Morgan fingerprint density at radius 1 is 0.339 bits per heavy atom. The van der Waals surface area contributed by atoms with Crippen molar-refractivity contribution in [3.8, 4) is 44.5 Å². The highest BCUT2D eigenvalue weighted by Gasteiger charge is 2.36. The second-order valence-electron chi connectivity index (χ2n) is 16.0. The van der Waals surface area contributed by atoms with E-state index in [1.54, 1.807) is 0 Å². The molecular weight excluding hydrogens is 693 g/mol. The van der Waals surface area contributed by atoms with Gasteiger partial charge in [-0.15, -0.1) is 11.3 Å². The van der Waals surface area contributed by atoms with Crippen LogP contribution in [0.4, 0.5) is 0 Å². The Hall–Kier alpha value is -6.54. The van der Waals surface area contributed by atoms with Crippen molar-refractivity contribution in [3.63, 3.8) is 0 Å². The fourth-order valence-corrected chi connectivity index (χ4v) is 11.2. The number of thiophene rings is 1. The topological polar surface area (TPSA) is 0 Å². The molecule has 0 unspecified atom stereocenters. The Morgan fingerprint density at radius 3 is 1.73 bits per heavy atom. The molecule has 0 spiro atoms. The van der Waals surface area contributed by atoms with Crippen LogP contribution >= 0.6 is 11.3 Å². The highest BCUT2D eigenvalue weighted by Crippen LogP contribution is 2.52. The second kappa shape index (κ2) is 11.7. The maximum atomic E-state index is 2.50. The minimum atomic E-state index is -0.0955. The van der Waals surface area contributed by atoms with Crippen LogP contribution in [-0.4, -0.2) is 0 Å². The first-order valence-corrected chi connectivity index (χ1v) is 20.4. The lowest BCUT2D eigenvalue weighted by Crippen LogP contribution is -2.14. The Kier molecular flexibility index (Phi) is 6.66. The number of hydrogen-bond acceptors (Lipinski definition) is 1. The summed E-state index contributed by atoms with van der Waals surface area (Å²) >= 11 is 1.92. The predicted octanol–water partition coefficient (Wildman–Crippen LogP) is 16.0. The van der Waals surface area contributed by atoms with Gasteiger partial charge in [0, 0.05) is 25.6 Å². The van der Waals surface area contributed by atoms with Gasteiger partial charge in [0.25, 0.3) is 0 Å². The fourth-order valence-electron chi connectivity index (χ4n) is 9.96. The van der Waals surface area contributed by atoms with Gasteiger partial charge >= 0.3 is 0 Å². The van der Waals surface area contributed by atoms with Gasteiger partial charge in [0.2, 0.25) is 0 Å². The molecule has 1 aliphatic carbocycles. The van der Waals surface area contributed by atoms with E-state index >= 15 is 0 Å². The molecule has 0 N–H and O–H groups in total. The van der Waals surface area contributed by atoms with Crippen molar-refractivity contribution in [2.45, 2.75) is 19.3 Å². The van der Waals surface area contributed by atoms with Crippen molar-refractivity contribution in [1.29, 1.82) is 0 Å². The van der Waals surface area contributed by atoms with Crippen molar-refractivity contribution < 1.29 is 0 Å². The smallest absolute Gasteiger partial charge is 0.0433 e. The van der Waals surface area contributed by atoms with Crippen LogP contribution in [0, 0.1) is 0 Å². The summed E-state index contributed by atoms with van der Waals surface area (Å²) < 4.78 is 2.74. The van der Waals surface area contributed by atoms with Gasteiger partial charge in [-0.05, 0) is 129 Å². The SMILES string of the molecule is CC1(C)c2ccc(-c3cccc(-c4c5ccccc5c(-c5cccc6ccccc56)c5ccccc45)c3)cc2-c2cc3ccc4c5ccccc5sc4c3cc21. The van der Waals surface area contributed by atoms with Crippen LogP contribution in [0.2, 0.25) is 0 Å².